The number of hydrogen-bond acceptors (Lipinski definition) is 3. The Labute approximate surface area is 127 Å². The van der Waals surface area contributed by atoms with E-state index in [1.54, 1.807) is 0 Å². The minimum absolute atomic E-state index is 0.0963. The van der Waals surface area contributed by atoms with Crippen LogP contribution in [0.3, 0.4) is 0 Å². The summed E-state index contributed by atoms with van der Waals surface area (Å²) in [6.45, 7) is 2.12. The predicted octanol–water partition coefficient (Wildman–Crippen LogP) is 2.94. The van der Waals surface area contributed by atoms with Crippen molar-refractivity contribution in [1.29, 1.82) is 0 Å². The van der Waals surface area contributed by atoms with Crippen molar-refractivity contribution in [1.82, 2.24) is 4.90 Å². The average molecular weight is 290 g/mol. The summed E-state index contributed by atoms with van der Waals surface area (Å²) in [5.74, 6) is -0.0963. The molecule has 1 aliphatic rings. The first kappa shape index (κ1) is 16.0. The number of rotatable bonds is 5. The van der Waals surface area contributed by atoms with E-state index in [0.29, 0.717) is 12.6 Å². The van der Waals surface area contributed by atoms with Gasteiger partial charge in [-0.15, -0.1) is 0 Å². The first-order valence-corrected chi connectivity index (χ1v) is 7.82. The van der Waals surface area contributed by atoms with Crippen molar-refractivity contribution in [3.8, 4) is 0 Å². The minimum Gasteiger partial charge on any atom is -0.387 e. The first-order chi connectivity index (χ1) is 10.1. The summed E-state index contributed by atoms with van der Waals surface area (Å²) in [6, 6.07) is 8.05. The van der Waals surface area contributed by atoms with Crippen LogP contribution in [0.2, 0.25) is 0 Å². The van der Waals surface area contributed by atoms with Gasteiger partial charge in [-0.25, -0.2) is 0 Å². The van der Waals surface area contributed by atoms with Crippen LogP contribution in [0.15, 0.2) is 24.3 Å². The maximum Gasteiger partial charge on any atom is 0.221 e. The highest BCUT2D eigenvalue weighted by molar-refractivity contribution is 5.88. The molecule has 0 bridgehead atoms. The Balaban J connectivity index is 1.95. The Morgan fingerprint density at radius 2 is 2.10 bits per heavy atom. The average Bonchev–Trinajstić information content (AvgIpc) is 2.47. The lowest BCUT2D eigenvalue weighted by molar-refractivity contribution is -0.114. The monoisotopic (exact) mass is 290 g/mol. The molecular formula is C17H26N2O2. The largest absolute Gasteiger partial charge is 0.387 e. The number of benzene rings is 1. The van der Waals surface area contributed by atoms with Crippen LogP contribution in [-0.4, -0.2) is 35.5 Å². The number of nitrogens with one attached hydrogen (secondary N) is 1. The van der Waals surface area contributed by atoms with E-state index in [1.165, 1.54) is 39.0 Å². The van der Waals surface area contributed by atoms with Gasteiger partial charge in [-0.05, 0) is 37.6 Å². The Kier molecular flexibility index (Phi) is 5.76. The molecule has 1 fully saturated rings. The molecule has 1 amide bonds. The third kappa shape index (κ3) is 4.83. The number of aliphatic hydroxyl groups is 1. The molecule has 1 aromatic carbocycles. The highest BCUT2D eigenvalue weighted by Crippen LogP contribution is 2.24. The Morgan fingerprint density at radius 3 is 2.76 bits per heavy atom. The molecule has 2 rings (SSSR count). The maximum absolute atomic E-state index is 11.1. The van der Waals surface area contributed by atoms with Crippen molar-refractivity contribution in [3.05, 3.63) is 29.8 Å². The number of hydrogen-bond donors (Lipinski definition) is 2. The van der Waals surface area contributed by atoms with Gasteiger partial charge in [0.1, 0.15) is 0 Å². The van der Waals surface area contributed by atoms with Crippen molar-refractivity contribution in [2.75, 3.05) is 18.9 Å². The molecular weight excluding hydrogens is 264 g/mol. The lowest BCUT2D eigenvalue weighted by atomic mass is 9.94. The lowest BCUT2D eigenvalue weighted by Crippen LogP contribution is -2.36. The van der Waals surface area contributed by atoms with Crippen LogP contribution in [0.25, 0.3) is 0 Å². The molecule has 4 nitrogen and oxygen atoms in total. The van der Waals surface area contributed by atoms with Gasteiger partial charge in [0.25, 0.3) is 0 Å². The highest BCUT2D eigenvalue weighted by Gasteiger charge is 2.20. The summed E-state index contributed by atoms with van der Waals surface area (Å²) in [7, 11) is 2.09. The van der Waals surface area contributed by atoms with Gasteiger partial charge in [-0.3, -0.25) is 4.79 Å². The topological polar surface area (TPSA) is 52.6 Å². The SMILES string of the molecule is CC(=O)Nc1cccc(C(O)CN(C)C2CCCCC2)c1. The van der Waals surface area contributed by atoms with Gasteiger partial charge in [0.2, 0.25) is 5.91 Å². The van der Waals surface area contributed by atoms with E-state index in [4.69, 9.17) is 0 Å². The van der Waals surface area contributed by atoms with E-state index in [9.17, 15) is 9.90 Å². The van der Waals surface area contributed by atoms with Crippen molar-refractivity contribution < 1.29 is 9.90 Å². The molecule has 21 heavy (non-hydrogen) atoms. The van der Waals surface area contributed by atoms with E-state index >= 15 is 0 Å². The van der Waals surface area contributed by atoms with Crippen LogP contribution in [0.1, 0.15) is 50.7 Å². The standard InChI is InChI=1S/C17H26N2O2/c1-13(20)18-15-8-6-7-14(11-15)17(21)12-19(2)16-9-4-3-5-10-16/h6-8,11,16-17,21H,3-5,9-10,12H2,1-2H3,(H,18,20). The molecule has 0 aliphatic heterocycles. The second-order valence-corrected chi connectivity index (χ2v) is 6.05. The van der Waals surface area contributed by atoms with Crippen molar-refractivity contribution in [2.45, 2.75) is 51.2 Å². The Morgan fingerprint density at radius 1 is 1.38 bits per heavy atom. The number of carbonyl (C=O) groups excluding carboxylic acids is 1. The van der Waals surface area contributed by atoms with Crippen molar-refractivity contribution in [3.63, 3.8) is 0 Å². The normalized spacial score (nSPS) is 17.7. The molecule has 0 aromatic heterocycles. The molecule has 1 saturated carbocycles. The van der Waals surface area contributed by atoms with E-state index in [2.05, 4.69) is 17.3 Å². The summed E-state index contributed by atoms with van der Waals surface area (Å²) in [5, 5.41) is 13.2. The Bertz CT molecular complexity index is 470. The molecule has 0 radical (unpaired) electrons. The molecule has 0 heterocycles. The maximum atomic E-state index is 11.1. The molecule has 1 atom stereocenters. The van der Waals surface area contributed by atoms with E-state index < -0.39 is 6.10 Å². The fourth-order valence-electron chi connectivity index (χ4n) is 3.08. The number of nitrogens with zero attached hydrogens (tertiary/aromatic N) is 1. The predicted molar refractivity (Wildman–Crippen MR) is 85.2 cm³/mol. The van der Waals surface area contributed by atoms with Crippen LogP contribution >= 0.6 is 0 Å². The van der Waals surface area contributed by atoms with Gasteiger partial charge in [0, 0.05) is 25.2 Å². The lowest BCUT2D eigenvalue weighted by Gasteiger charge is -2.32. The van der Waals surface area contributed by atoms with Gasteiger partial charge in [0.15, 0.2) is 0 Å². The fraction of sp³-hybridized carbons (Fsp3) is 0.588. The zero-order valence-electron chi connectivity index (χ0n) is 13.0. The number of carbonyl (C=O) groups is 1. The summed E-state index contributed by atoms with van der Waals surface area (Å²) < 4.78 is 0. The number of amides is 1. The molecule has 1 aromatic rings. The summed E-state index contributed by atoms with van der Waals surface area (Å²) in [4.78, 5) is 13.4. The third-order valence-corrected chi connectivity index (χ3v) is 4.25. The zero-order chi connectivity index (χ0) is 15.2. The van der Waals surface area contributed by atoms with Gasteiger partial charge >= 0.3 is 0 Å². The van der Waals surface area contributed by atoms with Gasteiger partial charge < -0.3 is 15.3 Å². The number of likely N-dealkylation sites (N-methyl/N-ethyl adjacent to an activating group) is 1. The third-order valence-electron chi connectivity index (χ3n) is 4.25. The minimum atomic E-state index is -0.523. The van der Waals surface area contributed by atoms with Crippen LogP contribution in [0.4, 0.5) is 5.69 Å². The fourth-order valence-corrected chi connectivity index (χ4v) is 3.08. The first-order valence-electron chi connectivity index (χ1n) is 7.82. The summed E-state index contributed by atoms with van der Waals surface area (Å²) in [5.41, 5.74) is 1.59. The molecule has 2 N–H and O–H groups in total. The second kappa shape index (κ2) is 7.57. The molecule has 0 saturated heterocycles. The van der Waals surface area contributed by atoms with E-state index in [-0.39, 0.29) is 5.91 Å². The van der Waals surface area contributed by atoms with Crippen molar-refractivity contribution >= 4 is 11.6 Å². The highest BCUT2D eigenvalue weighted by atomic mass is 16.3. The smallest absolute Gasteiger partial charge is 0.221 e. The van der Waals surface area contributed by atoms with Crippen LogP contribution in [0, 0.1) is 0 Å². The molecule has 1 aliphatic carbocycles. The van der Waals surface area contributed by atoms with Crippen LogP contribution in [-0.2, 0) is 4.79 Å². The molecule has 4 heteroatoms. The molecule has 0 spiro atoms. The Hall–Kier alpha value is -1.39. The van der Waals surface area contributed by atoms with E-state index in [0.717, 1.165) is 11.3 Å². The van der Waals surface area contributed by atoms with Gasteiger partial charge in [-0.2, -0.15) is 0 Å². The zero-order valence-corrected chi connectivity index (χ0v) is 13.0. The second-order valence-electron chi connectivity index (χ2n) is 6.05. The number of aliphatic hydroxyl groups excluding tert-OH is 1. The summed E-state index contributed by atoms with van der Waals surface area (Å²) >= 11 is 0. The molecule has 116 valence electrons. The van der Waals surface area contributed by atoms with Gasteiger partial charge in [0.05, 0.1) is 6.10 Å². The van der Waals surface area contributed by atoms with E-state index in [1.807, 2.05) is 24.3 Å². The molecule has 1 unspecified atom stereocenters. The number of anilines is 1. The van der Waals surface area contributed by atoms with Crippen LogP contribution in [0.5, 0.6) is 0 Å². The quantitative estimate of drug-likeness (QED) is 0.876. The van der Waals surface area contributed by atoms with Crippen LogP contribution < -0.4 is 5.32 Å². The van der Waals surface area contributed by atoms with Crippen molar-refractivity contribution in [2.24, 2.45) is 0 Å². The summed E-state index contributed by atoms with van der Waals surface area (Å²) in [6.07, 6.45) is 5.87. The van der Waals surface area contributed by atoms with Gasteiger partial charge in [-0.1, -0.05) is 31.4 Å².